The number of aromatic nitrogens is 1. The van der Waals surface area contributed by atoms with Gasteiger partial charge in [0.25, 0.3) is 0 Å². The van der Waals surface area contributed by atoms with Gasteiger partial charge in [0.15, 0.2) is 0 Å². The van der Waals surface area contributed by atoms with Gasteiger partial charge in [-0.3, -0.25) is 4.79 Å². The van der Waals surface area contributed by atoms with E-state index in [2.05, 4.69) is 21.7 Å². The van der Waals surface area contributed by atoms with Gasteiger partial charge < -0.3 is 20.4 Å². The molecule has 5 heteroatoms. The fraction of sp³-hybridized carbons (Fsp3) is 0.357. The molecule has 1 saturated heterocycles. The molecule has 5 nitrogen and oxygen atoms in total. The summed E-state index contributed by atoms with van der Waals surface area (Å²) in [6, 6.07) is 7.65. The summed E-state index contributed by atoms with van der Waals surface area (Å²) in [5.41, 5.74) is 3.00. The fourth-order valence-corrected chi connectivity index (χ4v) is 2.32. The molecule has 0 spiro atoms. The third-order valence-electron chi connectivity index (χ3n) is 3.26. The van der Waals surface area contributed by atoms with Crippen molar-refractivity contribution in [1.82, 2.24) is 10.3 Å². The van der Waals surface area contributed by atoms with Crippen molar-refractivity contribution in [2.45, 2.75) is 13.0 Å². The maximum absolute atomic E-state index is 12.0. The summed E-state index contributed by atoms with van der Waals surface area (Å²) in [6.45, 7) is 3.82. The predicted octanol–water partition coefficient (Wildman–Crippen LogP) is 1.40. The Hall–Kier alpha value is -1.85. The normalized spacial score (nSPS) is 19.5. The molecule has 0 radical (unpaired) electrons. The van der Waals surface area contributed by atoms with Crippen molar-refractivity contribution in [1.29, 1.82) is 0 Å². The monoisotopic (exact) mass is 259 g/mol. The molecule has 1 aromatic heterocycles. The minimum Gasteiger partial charge on any atom is -0.378 e. The van der Waals surface area contributed by atoms with Crippen molar-refractivity contribution < 1.29 is 9.53 Å². The Morgan fingerprint density at radius 3 is 3.11 bits per heavy atom. The van der Waals surface area contributed by atoms with Crippen molar-refractivity contribution in [3.63, 3.8) is 0 Å². The lowest BCUT2D eigenvalue weighted by atomic mass is 10.2. The van der Waals surface area contributed by atoms with Crippen LogP contribution in [0.2, 0.25) is 0 Å². The summed E-state index contributed by atoms with van der Waals surface area (Å²) in [5.74, 6) is -0.0497. The summed E-state index contributed by atoms with van der Waals surface area (Å²) in [6.07, 6.45) is 0. The fourth-order valence-electron chi connectivity index (χ4n) is 2.32. The van der Waals surface area contributed by atoms with Crippen molar-refractivity contribution in [3.8, 4) is 0 Å². The van der Waals surface area contributed by atoms with Crippen molar-refractivity contribution in [3.05, 3.63) is 30.0 Å². The molecule has 0 saturated carbocycles. The van der Waals surface area contributed by atoms with Crippen LogP contribution in [0.4, 0.5) is 5.69 Å². The number of hydrogen-bond acceptors (Lipinski definition) is 3. The number of fused-ring (bicyclic) bond motifs is 1. The first-order valence-electron chi connectivity index (χ1n) is 6.44. The lowest BCUT2D eigenvalue weighted by Gasteiger charge is -2.22. The molecule has 1 aliphatic rings. The van der Waals surface area contributed by atoms with Gasteiger partial charge in [0.2, 0.25) is 5.91 Å². The maximum atomic E-state index is 12.0. The SMILES string of the molecule is Cc1cc2cc(NC(=O)C3COCCN3)ccc2[nH]1. The smallest absolute Gasteiger partial charge is 0.243 e. The lowest BCUT2D eigenvalue weighted by molar-refractivity contribution is -0.120. The molecule has 1 aromatic carbocycles. The van der Waals surface area contributed by atoms with Gasteiger partial charge in [-0.1, -0.05) is 0 Å². The molecule has 1 aliphatic heterocycles. The van der Waals surface area contributed by atoms with Crippen molar-refractivity contribution in [2.24, 2.45) is 0 Å². The molecular formula is C14H17N3O2. The van der Waals surface area contributed by atoms with E-state index in [9.17, 15) is 4.79 Å². The number of benzene rings is 1. The first kappa shape index (κ1) is 12.2. The van der Waals surface area contributed by atoms with Crippen LogP contribution in [0.1, 0.15) is 5.69 Å². The average Bonchev–Trinajstić information content (AvgIpc) is 2.79. The molecule has 2 aromatic rings. The number of morpholine rings is 1. The Labute approximate surface area is 111 Å². The van der Waals surface area contributed by atoms with Crippen LogP contribution in [0.5, 0.6) is 0 Å². The minimum atomic E-state index is -0.266. The molecular weight excluding hydrogens is 242 g/mol. The number of H-pyrrole nitrogens is 1. The van der Waals surface area contributed by atoms with Gasteiger partial charge in [0, 0.05) is 28.8 Å². The van der Waals surface area contributed by atoms with Gasteiger partial charge in [-0.25, -0.2) is 0 Å². The van der Waals surface area contributed by atoms with Crippen LogP contribution in [-0.4, -0.2) is 36.7 Å². The topological polar surface area (TPSA) is 66.2 Å². The number of aryl methyl sites for hydroxylation is 1. The highest BCUT2D eigenvalue weighted by atomic mass is 16.5. The zero-order chi connectivity index (χ0) is 13.2. The molecule has 0 aliphatic carbocycles. The van der Waals surface area contributed by atoms with E-state index in [0.29, 0.717) is 19.8 Å². The van der Waals surface area contributed by atoms with E-state index in [4.69, 9.17) is 4.74 Å². The van der Waals surface area contributed by atoms with Gasteiger partial charge in [-0.15, -0.1) is 0 Å². The molecule has 3 N–H and O–H groups in total. The number of ether oxygens (including phenoxy) is 1. The molecule has 3 rings (SSSR count). The second-order valence-electron chi connectivity index (χ2n) is 4.83. The Bertz CT molecular complexity index is 600. The summed E-state index contributed by atoms with van der Waals surface area (Å²) < 4.78 is 5.29. The van der Waals surface area contributed by atoms with Crippen LogP contribution in [0, 0.1) is 6.92 Å². The molecule has 0 bridgehead atoms. The van der Waals surface area contributed by atoms with Crippen molar-refractivity contribution in [2.75, 3.05) is 25.1 Å². The third-order valence-corrected chi connectivity index (χ3v) is 3.26. The summed E-state index contributed by atoms with van der Waals surface area (Å²) in [7, 11) is 0. The minimum absolute atomic E-state index is 0.0497. The Kier molecular flexibility index (Phi) is 3.23. The summed E-state index contributed by atoms with van der Waals surface area (Å²) in [5, 5.41) is 7.16. The first-order valence-corrected chi connectivity index (χ1v) is 6.44. The van der Waals surface area contributed by atoms with Gasteiger partial charge >= 0.3 is 0 Å². The number of carbonyl (C=O) groups is 1. The second kappa shape index (κ2) is 5.03. The molecule has 2 heterocycles. The highest BCUT2D eigenvalue weighted by molar-refractivity contribution is 5.97. The molecule has 1 atom stereocenters. The van der Waals surface area contributed by atoms with E-state index in [1.165, 1.54) is 0 Å². The number of nitrogens with one attached hydrogen (secondary N) is 3. The lowest BCUT2D eigenvalue weighted by Crippen LogP contribution is -2.48. The van der Waals surface area contributed by atoms with Gasteiger partial charge in [0.1, 0.15) is 6.04 Å². The van der Waals surface area contributed by atoms with Crippen LogP contribution in [0.15, 0.2) is 24.3 Å². The van der Waals surface area contributed by atoms with E-state index in [1.54, 1.807) is 0 Å². The standard InChI is InChI=1S/C14H17N3O2/c1-9-6-10-7-11(2-3-12(10)16-9)17-14(18)13-8-19-5-4-15-13/h2-3,6-7,13,15-16H,4-5,8H2,1H3,(H,17,18). The van der Waals surface area contributed by atoms with Crippen LogP contribution in [-0.2, 0) is 9.53 Å². The van der Waals surface area contributed by atoms with Crippen molar-refractivity contribution >= 4 is 22.5 Å². The van der Waals surface area contributed by atoms with E-state index < -0.39 is 0 Å². The maximum Gasteiger partial charge on any atom is 0.243 e. The largest absolute Gasteiger partial charge is 0.378 e. The summed E-state index contributed by atoms with van der Waals surface area (Å²) in [4.78, 5) is 15.3. The zero-order valence-corrected chi connectivity index (χ0v) is 10.8. The summed E-state index contributed by atoms with van der Waals surface area (Å²) >= 11 is 0. The van der Waals surface area contributed by atoms with E-state index in [-0.39, 0.29) is 11.9 Å². The second-order valence-corrected chi connectivity index (χ2v) is 4.83. The first-order chi connectivity index (χ1) is 9.22. The number of amides is 1. The van der Waals surface area contributed by atoms with E-state index in [1.807, 2.05) is 25.1 Å². The Morgan fingerprint density at radius 2 is 2.32 bits per heavy atom. The number of anilines is 1. The van der Waals surface area contributed by atoms with Gasteiger partial charge in [-0.2, -0.15) is 0 Å². The molecule has 100 valence electrons. The number of hydrogen-bond donors (Lipinski definition) is 3. The van der Waals surface area contributed by atoms with E-state index in [0.717, 1.165) is 22.3 Å². The van der Waals surface area contributed by atoms with Crippen LogP contribution >= 0.6 is 0 Å². The van der Waals surface area contributed by atoms with Gasteiger partial charge in [0.05, 0.1) is 13.2 Å². The van der Waals surface area contributed by atoms with Crippen LogP contribution < -0.4 is 10.6 Å². The van der Waals surface area contributed by atoms with Crippen LogP contribution in [0.25, 0.3) is 10.9 Å². The van der Waals surface area contributed by atoms with Crippen LogP contribution in [0.3, 0.4) is 0 Å². The molecule has 1 unspecified atom stereocenters. The average molecular weight is 259 g/mol. The van der Waals surface area contributed by atoms with E-state index >= 15 is 0 Å². The Balaban J connectivity index is 1.74. The molecule has 1 amide bonds. The highest BCUT2D eigenvalue weighted by Crippen LogP contribution is 2.20. The predicted molar refractivity (Wildman–Crippen MR) is 74.3 cm³/mol. The molecule has 19 heavy (non-hydrogen) atoms. The quantitative estimate of drug-likeness (QED) is 0.764. The highest BCUT2D eigenvalue weighted by Gasteiger charge is 2.21. The Morgan fingerprint density at radius 1 is 1.42 bits per heavy atom. The number of carbonyl (C=O) groups excluding carboxylic acids is 1. The van der Waals surface area contributed by atoms with Gasteiger partial charge in [-0.05, 0) is 31.2 Å². The number of rotatable bonds is 2. The number of aromatic amines is 1. The third kappa shape index (κ3) is 2.62. The zero-order valence-electron chi connectivity index (χ0n) is 10.8. The molecule has 1 fully saturated rings.